The molecule has 0 saturated carbocycles. The number of benzene rings is 1. The number of anilines is 2. The van der Waals surface area contributed by atoms with Crippen molar-refractivity contribution in [2.24, 2.45) is 5.92 Å². The first-order valence-corrected chi connectivity index (χ1v) is 12.0. The first kappa shape index (κ1) is 24.7. The maximum atomic E-state index is 13.7. The van der Waals surface area contributed by atoms with E-state index >= 15 is 0 Å². The quantitative estimate of drug-likeness (QED) is 0.516. The molecule has 0 saturated heterocycles. The zero-order chi connectivity index (χ0) is 26.3. The van der Waals surface area contributed by atoms with E-state index in [1.54, 1.807) is 17.2 Å². The molecule has 0 bridgehead atoms. The van der Waals surface area contributed by atoms with Gasteiger partial charge in [0.2, 0.25) is 5.91 Å². The number of carbonyl (C=O) groups excluding carboxylic acids is 2. The number of hydrogen-bond donors (Lipinski definition) is 1. The number of carbonyl (C=O) groups is 2. The van der Waals surface area contributed by atoms with Gasteiger partial charge in [0.15, 0.2) is 0 Å². The highest BCUT2D eigenvalue weighted by Crippen LogP contribution is 2.41. The fraction of sp³-hybridized carbons (Fsp3) is 0.286. The van der Waals surface area contributed by atoms with E-state index in [-0.39, 0.29) is 17.4 Å². The first-order chi connectivity index (χ1) is 17.7. The van der Waals surface area contributed by atoms with E-state index in [9.17, 15) is 18.4 Å². The van der Waals surface area contributed by atoms with E-state index < -0.39 is 17.5 Å². The third-order valence-electron chi connectivity index (χ3n) is 6.67. The number of fused-ring (bicyclic) bond motifs is 3. The van der Waals surface area contributed by atoms with Crippen LogP contribution in [0.1, 0.15) is 41.0 Å². The summed E-state index contributed by atoms with van der Waals surface area (Å²) in [7, 11) is 0. The molecule has 9 heteroatoms. The summed E-state index contributed by atoms with van der Waals surface area (Å²) in [6, 6.07) is 9.97. The fourth-order valence-electron chi connectivity index (χ4n) is 4.72. The normalized spacial score (nSPS) is 17.1. The molecule has 190 valence electrons. The zero-order valence-electron chi connectivity index (χ0n) is 20.7. The molecule has 2 aliphatic rings. The van der Waals surface area contributed by atoms with Crippen LogP contribution in [0.4, 0.5) is 20.3 Å². The van der Waals surface area contributed by atoms with Crippen molar-refractivity contribution in [3.63, 3.8) is 0 Å². The van der Waals surface area contributed by atoms with Crippen LogP contribution < -0.4 is 10.2 Å². The van der Waals surface area contributed by atoms with Gasteiger partial charge < -0.3 is 10.1 Å². The molecule has 7 nitrogen and oxygen atoms in total. The Bertz CT molecular complexity index is 1430. The highest BCUT2D eigenvalue weighted by atomic mass is 19.3. The second kappa shape index (κ2) is 9.48. The molecule has 5 rings (SSSR count). The lowest BCUT2D eigenvalue weighted by atomic mass is 9.85. The summed E-state index contributed by atoms with van der Waals surface area (Å²) in [5, 5.41) is 2.79. The summed E-state index contributed by atoms with van der Waals surface area (Å²) >= 11 is 0. The highest BCUT2D eigenvalue weighted by molar-refractivity contribution is 6.09. The molecular formula is C28H26F2N4O3. The second-order valence-electron chi connectivity index (χ2n) is 9.23. The Balaban J connectivity index is 1.48. The summed E-state index contributed by atoms with van der Waals surface area (Å²) < 4.78 is 32.9. The summed E-state index contributed by atoms with van der Waals surface area (Å²) in [4.78, 5) is 35.8. The van der Waals surface area contributed by atoms with Gasteiger partial charge in [-0.2, -0.15) is 8.78 Å². The SMILES string of the molecule is CCN1C(=O)[C@@H]2COCC=C2c2cc(-c3cc(NC(=O)c4ccnc(C(C)(F)F)c4)ccc3C)cnc21. The van der Waals surface area contributed by atoms with Crippen molar-refractivity contribution in [2.75, 3.05) is 30.0 Å². The zero-order valence-corrected chi connectivity index (χ0v) is 20.7. The maximum absolute atomic E-state index is 13.7. The number of aryl methyl sites for hydroxylation is 1. The molecule has 2 aliphatic heterocycles. The molecule has 3 aromatic rings. The molecule has 0 unspecified atom stereocenters. The van der Waals surface area contributed by atoms with Crippen LogP contribution >= 0.6 is 0 Å². The Morgan fingerprint density at radius 1 is 1.19 bits per heavy atom. The number of halogens is 2. The molecule has 37 heavy (non-hydrogen) atoms. The van der Waals surface area contributed by atoms with E-state index in [0.717, 1.165) is 40.8 Å². The van der Waals surface area contributed by atoms with E-state index in [2.05, 4.69) is 15.3 Å². The average Bonchev–Trinajstić information content (AvgIpc) is 2.89. The van der Waals surface area contributed by atoms with Crippen molar-refractivity contribution >= 4 is 28.9 Å². The molecule has 1 atom stereocenters. The first-order valence-electron chi connectivity index (χ1n) is 12.0. The minimum Gasteiger partial charge on any atom is -0.376 e. The number of pyridine rings is 2. The van der Waals surface area contributed by atoms with Crippen molar-refractivity contribution in [1.29, 1.82) is 0 Å². The maximum Gasteiger partial charge on any atom is 0.286 e. The number of aromatic nitrogens is 2. The van der Waals surface area contributed by atoms with Gasteiger partial charge in [0.1, 0.15) is 11.5 Å². The lowest BCUT2D eigenvalue weighted by Crippen LogP contribution is -2.44. The number of ether oxygens (including phenoxy) is 1. The Morgan fingerprint density at radius 3 is 2.76 bits per heavy atom. The standard InChI is InChI=1S/C28H26F2N4O3/c1-4-34-25-22(20-8-10-37-15-23(20)27(34)36)11-18(14-32-25)21-13-19(6-5-16(21)2)33-26(35)17-7-9-31-24(12-17)28(3,29)30/h5-9,11-14,23H,4,10,15H2,1-3H3,(H,33,35)/t23-/m1/s1. The summed E-state index contributed by atoms with van der Waals surface area (Å²) in [6.07, 6.45) is 4.86. The average molecular weight is 505 g/mol. The Hall–Kier alpha value is -3.98. The minimum absolute atomic E-state index is 0.0119. The number of hydrogen-bond acceptors (Lipinski definition) is 5. The molecule has 0 fully saturated rings. The van der Waals surface area contributed by atoms with Crippen LogP contribution in [0.3, 0.4) is 0 Å². The molecule has 2 aromatic heterocycles. The molecule has 1 N–H and O–H groups in total. The summed E-state index contributed by atoms with van der Waals surface area (Å²) in [5.74, 6) is -3.40. The number of nitrogens with one attached hydrogen (secondary N) is 1. The number of nitrogens with zero attached hydrogens (tertiary/aromatic N) is 3. The van der Waals surface area contributed by atoms with Crippen molar-refractivity contribution in [3.8, 4) is 11.1 Å². The van der Waals surface area contributed by atoms with E-state index in [4.69, 9.17) is 4.74 Å². The predicted molar refractivity (Wildman–Crippen MR) is 136 cm³/mol. The van der Waals surface area contributed by atoms with Crippen molar-refractivity contribution in [2.45, 2.75) is 26.7 Å². The number of amides is 2. The molecule has 1 aromatic carbocycles. The van der Waals surface area contributed by atoms with Crippen molar-refractivity contribution in [1.82, 2.24) is 9.97 Å². The van der Waals surface area contributed by atoms with E-state index in [1.165, 1.54) is 12.3 Å². The molecule has 0 spiro atoms. The van der Waals surface area contributed by atoms with Gasteiger partial charge >= 0.3 is 0 Å². The monoisotopic (exact) mass is 504 g/mol. The van der Waals surface area contributed by atoms with Gasteiger partial charge in [-0.3, -0.25) is 19.5 Å². The lowest BCUT2D eigenvalue weighted by molar-refractivity contribution is -0.122. The van der Waals surface area contributed by atoms with Crippen LogP contribution in [-0.4, -0.2) is 41.5 Å². The van der Waals surface area contributed by atoms with Crippen LogP contribution in [0.15, 0.2) is 54.9 Å². The van der Waals surface area contributed by atoms with Gasteiger partial charge in [-0.25, -0.2) is 4.98 Å². The molecule has 4 heterocycles. The number of rotatable bonds is 5. The topological polar surface area (TPSA) is 84.4 Å². The number of alkyl halides is 2. The third kappa shape index (κ3) is 4.62. The third-order valence-corrected chi connectivity index (χ3v) is 6.67. The lowest BCUT2D eigenvalue weighted by Gasteiger charge is -2.36. The minimum atomic E-state index is -3.15. The van der Waals surface area contributed by atoms with Gasteiger partial charge in [-0.1, -0.05) is 12.1 Å². The molecule has 2 amide bonds. The Kier molecular flexibility index (Phi) is 6.33. The van der Waals surface area contributed by atoms with E-state index in [0.29, 0.717) is 31.3 Å². The smallest absolute Gasteiger partial charge is 0.286 e. The largest absolute Gasteiger partial charge is 0.376 e. The highest BCUT2D eigenvalue weighted by Gasteiger charge is 2.38. The summed E-state index contributed by atoms with van der Waals surface area (Å²) in [5.41, 5.74) is 4.61. The van der Waals surface area contributed by atoms with Crippen LogP contribution in [0.25, 0.3) is 16.7 Å². The van der Waals surface area contributed by atoms with Gasteiger partial charge in [0.05, 0.1) is 19.1 Å². The van der Waals surface area contributed by atoms with Crippen LogP contribution in [0.5, 0.6) is 0 Å². The van der Waals surface area contributed by atoms with Crippen LogP contribution in [0, 0.1) is 12.8 Å². The molecule has 0 radical (unpaired) electrons. The molecular weight excluding hydrogens is 478 g/mol. The fourth-order valence-corrected chi connectivity index (χ4v) is 4.72. The van der Waals surface area contributed by atoms with Crippen LogP contribution in [-0.2, 0) is 15.5 Å². The van der Waals surface area contributed by atoms with Crippen molar-refractivity contribution in [3.05, 3.63) is 77.3 Å². The Labute approximate surface area is 213 Å². The Morgan fingerprint density at radius 2 is 2.00 bits per heavy atom. The van der Waals surface area contributed by atoms with Crippen molar-refractivity contribution < 1.29 is 23.1 Å². The van der Waals surface area contributed by atoms with Gasteiger partial charge in [0.25, 0.3) is 11.8 Å². The van der Waals surface area contributed by atoms with Gasteiger partial charge in [-0.05, 0) is 60.9 Å². The molecule has 0 aliphatic carbocycles. The van der Waals surface area contributed by atoms with Crippen LogP contribution in [0.2, 0.25) is 0 Å². The summed E-state index contributed by atoms with van der Waals surface area (Å²) in [6.45, 7) is 5.89. The van der Waals surface area contributed by atoms with Gasteiger partial charge in [0, 0.05) is 48.2 Å². The second-order valence-corrected chi connectivity index (χ2v) is 9.23. The van der Waals surface area contributed by atoms with Gasteiger partial charge in [-0.15, -0.1) is 0 Å². The predicted octanol–water partition coefficient (Wildman–Crippen LogP) is 5.21. The van der Waals surface area contributed by atoms with E-state index in [1.807, 2.05) is 38.1 Å².